The molecule has 29 heavy (non-hydrogen) atoms. The lowest BCUT2D eigenvalue weighted by Gasteiger charge is -2.12. The quantitative estimate of drug-likeness (QED) is 0.552. The van der Waals surface area contributed by atoms with Crippen molar-refractivity contribution in [3.63, 3.8) is 0 Å². The number of benzene rings is 3. The molecule has 2 amide bonds. The summed E-state index contributed by atoms with van der Waals surface area (Å²) >= 11 is 0. The second-order valence-electron chi connectivity index (χ2n) is 7.31. The van der Waals surface area contributed by atoms with E-state index in [1.165, 1.54) is 5.56 Å². The van der Waals surface area contributed by atoms with Crippen LogP contribution in [0.1, 0.15) is 47.7 Å². The summed E-state index contributed by atoms with van der Waals surface area (Å²) in [5, 5.41) is 5.78. The lowest BCUT2D eigenvalue weighted by molar-refractivity contribution is -0.116. The van der Waals surface area contributed by atoms with E-state index in [4.69, 9.17) is 0 Å². The third kappa shape index (κ3) is 5.79. The van der Waals surface area contributed by atoms with Gasteiger partial charge < -0.3 is 10.6 Å². The van der Waals surface area contributed by atoms with Gasteiger partial charge in [-0.1, -0.05) is 68.4 Å². The monoisotopic (exact) mass is 386 g/mol. The van der Waals surface area contributed by atoms with Gasteiger partial charge in [0.15, 0.2) is 0 Å². The number of carbonyl (C=O) groups is 2. The number of aryl methyl sites for hydroxylation is 1. The number of rotatable bonds is 7. The number of carbonyl (C=O) groups excluding carboxylic acids is 2. The Kier molecular flexibility index (Phi) is 6.80. The van der Waals surface area contributed by atoms with Gasteiger partial charge >= 0.3 is 0 Å². The Labute approximate surface area is 172 Å². The number of hydrogen-bond acceptors (Lipinski definition) is 2. The summed E-state index contributed by atoms with van der Waals surface area (Å²) < 4.78 is 0. The van der Waals surface area contributed by atoms with Crippen LogP contribution < -0.4 is 10.6 Å². The molecule has 148 valence electrons. The SMILES string of the molecule is CC(C)c1ccc(CCC(=O)Nc2ccccc2NC(=O)c2ccccc2)cc1. The Morgan fingerprint density at radius 1 is 0.759 bits per heavy atom. The molecule has 0 saturated heterocycles. The van der Waals surface area contributed by atoms with Crippen molar-refractivity contribution in [1.29, 1.82) is 0 Å². The minimum Gasteiger partial charge on any atom is -0.324 e. The zero-order valence-corrected chi connectivity index (χ0v) is 16.8. The van der Waals surface area contributed by atoms with E-state index in [2.05, 4.69) is 48.7 Å². The van der Waals surface area contributed by atoms with Gasteiger partial charge in [0.25, 0.3) is 5.91 Å². The van der Waals surface area contributed by atoms with E-state index >= 15 is 0 Å². The van der Waals surface area contributed by atoms with Crippen molar-refractivity contribution >= 4 is 23.2 Å². The van der Waals surface area contributed by atoms with Gasteiger partial charge in [-0.25, -0.2) is 0 Å². The fourth-order valence-corrected chi connectivity index (χ4v) is 3.02. The van der Waals surface area contributed by atoms with Crippen molar-refractivity contribution in [3.8, 4) is 0 Å². The lowest BCUT2D eigenvalue weighted by Crippen LogP contribution is -2.17. The molecule has 0 saturated carbocycles. The third-order valence-electron chi connectivity index (χ3n) is 4.77. The number of hydrogen-bond donors (Lipinski definition) is 2. The number of amides is 2. The topological polar surface area (TPSA) is 58.2 Å². The van der Waals surface area contributed by atoms with Crippen LogP contribution in [-0.2, 0) is 11.2 Å². The second kappa shape index (κ2) is 9.69. The van der Waals surface area contributed by atoms with E-state index in [0.717, 1.165) is 5.56 Å². The average Bonchev–Trinajstić information content (AvgIpc) is 2.74. The van der Waals surface area contributed by atoms with Crippen LogP contribution >= 0.6 is 0 Å². The van der Waals surface area contributed by atoms with Gasteiger partial charge in [0.2, 0.25) is 5.91 Å². The molecule has 0 aromatic heterocycles. The van der Waals surface area contributed by atoms with Crippen LogP contribution in [-0.4, -0.2) is 11.8 Å². The Morgan fingerprint density at radius 3 is 1.97 bits per heavy atom. The van der Waals surface area contributed by atoms with E-state index < -0.39 is 0 Å². The number of nitrogens with one attached hydrogen (secondary N) is 2. The molecule has 0 radical (unpaired) electrons. The summed E-state index contributed by atoms with van der Waals surface area (Å²) in [6.07, 6.45) is 1.05. The summed E-state index contributed by atoms with van der Waals surface area (Å²) in [7, 11) is 0. The van der Waals surface area contributed by atoms with E-state index in [1.807, 2.05) is 30.3 Å². The van der Waals surface area contributed by atoms with Gasteiger partial charge in [0, 0.05) is 12.0 Å². The van der Waals surface area contributed by atoms with Crippen LogP contribution in [0.5, 0.6) is 0 Å². The maximum atomic E-state index is 12.4. The maximum absolute atomic E-state index is 12.4. The van der Waals surface area contributed by atoms with Crippen LogP contribution in [0, 0.1) is 0 Å². The molecule has 3 rings (SSSR count). The summed E-state index contributed by atoms with van der Waals surface area (Å²) in [6, 6.07) is 24.6. The first kappa shape index (κ1) is 20.3. The molecule has 0 bridgehead atoms. The fraction of sp³-hybridized carbons (Fsp3) is 0.200. The molecule has 2 N–H and O–H groups in total. The van der Waals surface area contributed by atoms with Gasteiger partial charge in [0.05, 0.1) is 11.4 Å². The predicted octanol–water partition coefficient (Wildman–Crippen LogP) is 5.63. The highest BCUT2D eigenvalue weighted by atomic mass is 16.2. The molecular formula is C25H26N2O2. The number of anilines is 2. The van der Waals surface area contributed by atoms with Crippen LogP contribution in [0.3, 0.4) is 0 Å². The molecule has 0 aliphatic rings. The Hall–Kier alpha value is -3.40. The van der Waals surface area contributed by atoms with Crippen LogP contribution in [0.2, 0.25) is 0 Å². The molecule has 4 nitrogen and oxygen atoms in total. The molecule has 0 spiro atoms. The largest absolute Gasteiger partial charge is 0.324 e. The highest BCUT2D eigenvalue weighted by Gasteiger charge is 2.11. The molecule has 0 aliphatic heterocycles. The second-order valence-corrected chi connectivity index (χ2v) is 7.31. The molecule has 0 fully saturated rings. The molecule has 0 heterocycles. The summed E-state index contributed by atoms with van der Waals surface area (Å²) in [4.78, 5) is 24.9. The molecule has 4 heteroatoms. The molecule has 3 aromatic rings. The average molecular weight is 386 g/mol. The van der Waals surface area contributed by atoms with Crippen LogP contribution in [0.15, 0.2) is 78.9 Å². The molecule has 0 aliphatic carbocycles. The van der Waals surface area contributed by atoms with Gasteiger partial charge in [-0.2, -0.15) is 0 Å². The van der Waals surface area contributed by atoms with E-state index in [0.29, 0.717) is 35.7 Å². The zero-order chi connectivity index (χ0) is 20.6. The van der Waals surface area contributed by atoms with Crippen molar-refractivity contribution < 1.29 is 9.59 Å². The zero-order valence-electron chi connectivity index (χ0n) is 16.8. The van der Waals surface area contributed by atoms with Crippen molar-refractivity contribution in [2.75, 3.05) is 10.6 Å². The molecule has 0 atom stereocenters. The Balaban J connectivity index is 1.60. The Bertz CT molecular complexity index is 964. The van der Waals surface area contributed by atoms with E-state index in [1.54, 1.807) is 24.3 Å². The van der Waals surface area contributed by atoms with Crippen molar-refractivity contribution in [3.05, 3.63) is 95.6 Å². The highest BCUT2D eigenvalue weighted by Crippen LogP contribution is 2.22. The lowest BCUT2D eigenvalue weighted by atomic mass is 10.0. The fourth-order valence-electron chi connectivity index (χ4n) is 3.02. The van der Waals surface area contributed by atoms with Gasteiger partial charge in [-0.3, -0.25) is 9.59 Å². The van der Waals surface area contributed by atoms with Gasteiger partial charge in [-0.15, -0.1) is 0 Å². The molecule has 0 unspecified atom stereocenters. The number of para-hydroxylation sites is 2. The van der Waals surface area contributed by atoms with E-state index in [9.17, 15) is 9.59 Å². The summed E-state index contributed by atoms with van der Waals surface area (Å²) in [6.45, 7) is 4.33. The minimum atomic E-state index is -0.211. The normalized spacial score (nSPS) is 10.6. The first-order chi connectivity index (χ1) is 14.0. The standard InChI is InChI=1S/C25H26N2O2/c1-18(2)20-15-12-19(13-16-20)14-17-24(28)26-22-10-6-7-11-23(22)27-25(29)21-8-4-3-5-9-21/h3-13,15-16,18H,14,17H2,1-2H3,(H,26,28)(H,27,29). The molecule has 3 aromatic carbocycles. The minimum absolute atomic E-state index is 0.0839. The first-order valence-corrected chi connectivity index (χ1v) is 9.87. The summed E-state index contributed by atoms with van der Waals surface area (Å²) in [5.41, 5.74) is 4.17. The highest BCUT2D eigenvalue weighted by molar-refractivity contribution is 6.07. The van der Waals surface area contributed by atoms with Crippen molar-refractivity contribution in [2.45, 2.75) is 32.6 Å². The van der Waals surface area contributed by atoms with Crippen molar-refractivity contribution in [1.82, 2.24) is 0 Å². The molecular weight excluding hydrogens is 360 g/mol. The maximum Gasteiger partial charge on any atom is 0.255 e. The smallest absolute Gasteiger partial charge is 0.255 e. The van der Waals surface area contributed by atoms with Crippen LogP contribution in [0.4, 0.5) is 11.4 Å². The third-order valence-corrected chi connectivity index (χ3v) is 4.77. The van der Waals surface area contributed by atoms with Crippen LogP contribution in [0.25, 0.3) is 0 Å². The summed E-state index contributed by atoms with van der Waals surface area (Å²) in [5.74, 6) is 0.201. The Morgan fingerprint density at radius 2 is 1.34 bits per heavy atom. The predicted molar refractivity (Wildman–Crippen MR) is 118 cm³/mol. The van der Waals surface area contributed by atoms with Gasteiger partial charge in [0.1, 0.15) is 0 Å². The van der Waals surface area contributed by atoms with Crippen molar-refractivity contribution in [2.24, 2.45) is 0 Å². The van der Waals surface area contributed by atoms with E-state index in [-0.39, 0.29) is 11.8 Å². The first-order valence-electron chi connectivity index (χ1n) is 9.87. The van der Waals surface area contributed by atoms with Gasteiger partial charge in [-0.05, 0) is 47.7 Å².